The van der Waals surface area contributed by atoms with Crippen molar-refractivity contribution < 1.29 is 23.8 Å². The van der Waals surface area contributed by atoms with E-state index in [0.717, 1.165) is 5.56 Å². The highest BCUT2D eigenvalue weighted by molar-refractivity contribution is 5.89. The van der Waals surface area contributed by atoms with Crippen molar-refractivity contribution in [2.24, 2.45) is 0 Å². The average molecular weight is 392 g/mol. The molecule has 1 aliphatic heterocycles. The highest BCUT2D eigenvalue weighted by atomic mass is 35.5. The van der Waals surface area contributed by atoms with Crippen molar-refractivity contribution in [1.29, 1.82) is 0 Å². The Kier molecular flexibility index (Phi) is 7.64. The topological polar surface area (TPSA) is 73.9 Å². The maximum Gasteiger partial charge on any atom is 0.338 e. The standard InChI is InChI=1S/C20H21NO5.ClH/c1-24-20(23)18-11-17(12-21-18)26-16-9-7-15(8-10-16)19(22)25-13-14-5-3-2-4-6-14;/h2-10,17-18,21H,11-13H2,1H3;1H/t17-,18+;/m1./s1. The maximum absolute atomic E-state index is 12.1. The molecule has 0 amide bonds. The molecule has 3 rings (SSSR count). The minimum atomic E-state index is -0.381. The third-order valence-corrected chi connectivity index (χ3v) is 4.18. The molecule has 144 valence electrons. The Labute approximate surface area is 164 Å². The molecule has 0 aromatic heterocycles. The summed E-state index contributed by atoms with van der Waals surface area (Å²) in [6.45, 7) is 0.807. The molecular formula is C20H22ClNO5. The van der Waals surface area contributed by atoms with Gasteiger partial charge in [0.05, 0.1) is 12.7 Å². The molecule has 6 nitrogen and oxygen atoms in total. The number of benzene rings is 2. The van der Waals surface area contributed by atoms with Gasteiger partial charge < -0.3 is 19.5 Å². The average Bonchev–Trinajstić information content (AvgIpc) is 3.15. The van der Waals surface area contributed by atoms with Crippen LogP contribution in [0.25, 0.3) is 0 Å². The molecule has 2 atom stereocenters. The van der Waals surface area contributed by atoms with Crippen LogP contribution >= 0.6 is 12.4 Å². The Bertz CT molecular complexity index is 751. The Morgan fingerprint density at radius 1 is 1.07 bits per heavy atom. The molecule has 0 spiro atoms. The van der Waals surface area contributed by atoms with Crippen molar-refractivity contribution in [3.63, 3.8) is 0 Å². The minimum absolute atomic E-state index is 0. The lowest BCUT2D eigenvalue weighted by atomic mass is 10.2. The molecule has 0 bridgehead atoms. The number of hydrogen-bond donors (Lipinski definition) is 1. The first-order chi connectivity index (χ1) is 12.7. The predicted octanol–water partition coefficient (Wildman–Crippen LogP) is 2.75. The molecule has 27 heavy (non-hydrogen) atoms. The Morgan fingerprint density at radius 3 is 2.44 bits per heavy atom. The third kappa shape index (κ3) is 5.70. The molecule has 1 N–H and O–H groups in total. The second-order valence-electron chi connectivity index (χ2n) is 6.05. The third-order valence-electron chi connectivity index (χ3n) is 4.18. The van der Waals surface area contributed by atoms with Crippen molar-refractivity contribution in [2.75, 3.05) is 13.7 Å². The smallest absolute Gasteiger partial charge is 0.338 e. The van der Waals surface area contributed by atoms with Crippen LogP contribution in [0.3, 0.4) is 0 Å². The van der Waals surface area contributed by atoms with Crippen LogP contribution in [0, 0.1) is 0 Å². The zero-order chi connectivity index (χ0) is 18.4. The van der Waals surface area contributed by atoms with Gasteiger partial charge >= 0.3 is 11.9 Å². The number of halogens is 1. The second-order valence-corrected chi connectivity index (χ2v) is 6.05. The van der Waals surface area contributed by atoms with Crippen LogP contribution in [0.4, 0.5) is 0 Å². The van der Waals surface area contributed by atoms with Gasteiger partial charge in [-0.3, -0.25) is 4.79 Å². The largest absolute Gasteiger partial charge is 0.489 e. The van der Waals surface area contributed by atoms with E-state index in [0.29, 0.717) is 24.3 Å². The summed E-state index contributed by atoms with van der Waals surface area (Å²) >= 11 is 0. The molecule has 0 saturated carbocycles. The zero-order valence-electron chi connectivity index (χ0n) is 14.9. The highest BCUT2D eigenvalue weighted by Crippen LogP contribution is 2.19. The second kappa shape index (κ2) is 9.94. The molecule has 0 radical (unpaired) electrons. The SMILES string of the molecule is COC(=O)[C@@H]1C[C@@H](Oc2ccc(C(=O)OCc3ccccc3)cc2)CN1.Cl. The summed E-state index contributed by atoms with van der Waals surface area (Å²) < 4.78 is 15.9. The van der Waals surface area contributed by atoms with Crippen LogP contribution in [-0.4, -0.2) is 37.7 Å². The van der Waals surface area contributed by atoms with Crippen LogP contribution in [0.1, 0.15) is 22.3 Å². The van der Waals surface area contributed by atoms with E-state index in [1.165, 1.54) is 7.11 Å². The minimum Gasteiger partial charge on any atom is -0.489 e. The van der Waals surface area contributed by atoms with Crippen LogP contribution in [-0.2, 0) is 20.9 Å². The van der Waals surface area contributed by atoms with Crippen molar-refractivity contribution in [3.8, 4) is 5.75 Å². The van der Waals surface area contributed by atoms with E-state index in [1.54, 1.807) is 24.3 Å². The molecule has 1 saturated heterocycles. The number of rotatable bonds is 6. The van der Waals surface area contributed by atoms with Gasteiger partial charge in [0.2, 0.25) is 0 Å². The molecule has 0 aliphatic carbocycles. The molecule has 2 aromatic carbocycles. The van der Waals surface area contributed by atoms with E-state index in [2.05, 4.69) is 5.32 Å². The Balaban J connectivity index is 0.00000261. The fourth-order valence-corrected chi connectivity index (χ4v) is 2.78. The first kappa shape index (κ1) is 20.7. The van der Waals surface area contributed by atoms with Gasteiger partial charge in [-0.15, -0.1) is 12.4 Å². The summed E-state index contributed by atoms with van der Waals surface area (Å²) in [4.78, 5) is 23.6. The molecule has 2 aromatic rings. The van der Waals surface area contributed by atoms with E-state index in [9.17, 15) is 9.59 Å². The molecule has 1 fully saturated rings. The molecule has 7 heteroatoms. The maximum atomic E-state index is 12.1. The number of ether oxygens (including phenoxy) is 3. The van der Waals surface area contributed by atoms with E-state index in [4.69, 9.17) is 14.2 Å². The van der Waals surface area contributed by atoms with Gasteiger partial charge in [0, 0.05) is 13.0 Å². The summed E-state index contributed by atoms with van der Waals surface area (Å²) in [5.41, 5.74) is 1.40. The Morgan fingerprint density at radius 2 is 1.78 bits per heavy atom. The van der Waals surface area contributed by atoms with Gasteiger partial charge in [0.1, 0.15) is 24.5 Å². The lowest BCUT2D eigenvalue weighted by Gasteiger charge is -2.13. The number of carbonyl (C=O) groups excluding carboxylic acids is 2. The summed E-state index contributed by atoms with van der Waals surface area (Å²) in [5, 5.41) is 3.07. The van der Waals surface area contributed by atoms with E-state index < -0.39 is 0 Å². The van der Waals surface area contributed by atoms with Gasteiger partial charge in [-0.2, -0.15) is 0 Å². The lowest BCUT2D eigenvalue weighted by molar-refractivity contribution is -0.142. The van der Waals surface area contributed by atoms with E-state index >= 15 is 0 Å². The number of methoxy groups -OCH3 is 1. The summed E-state index contributed by atoms with van der Waals surface area (Å²) in [7, 11) is 1.37. The first-order valence-electron chi connectivity index (χ1n) is 8.44. The number of nitrogens with one attached hydrogen (secondary N) is 1. The fraction of sp³-hybridized carbons (Fsp3) is 0.300. The van der Waals surface area contributed by atoms with Gasteiger partial charge in [0.25, 0.3) is 0 Å². The van der Waals surface area contributed by atoms with Gasteiger partial charge in [-0.25, -0.2) is 4.79 Å². The number of esters is 2. The van der Waals surface area contributed by atoms with Gasteiger partial charge in [-0.05, 0) is 29.8 Å². The monoisotopic (exact) mass is 391 g/mol. The summed E-state index contributed by atoms with van der Waals surface area (Å²) in [5.74, 6) is -0.0248. The highest BCUT2D eigenvalue weighted by Gasteiger charge is 2.31. The van der Waals surface area contributed by atoms with Crippen molar-refractivity contribution in [1.82, 2.24) is 5.32 Å². The quantitative estimate of drug-likeness (QED) is 0.763. The number of carbonyl (C=O) groups is 2. The lowest BCUT2D eigenvalue weighted by Crippen LogP contribution is -2.31. The molecule has 1 aliphatic rings. The summed E-state index contributed by atoms with van der Waals surface area (Å²) in [6.07, 6.45) is 0.433. The van der Waals surface area contributed by atoms with Gasteiger partial charge in [0.15, 0.2) is 0 Å². The van der Waals surface area contributed by atoms with Gasteiger partial charge in [-0.1, -0.05) is 30.3 Å². The van der Waals surface area contributed by atoms with Crippen LogP contribution in [0.5, 0.6) is 5.75 Å². The first-order valence-corrected chi connectivity index (χ1v) is 8.44. The Hall–Kier alpha value is -2.57. The van der Waals surface area contributed by atoms with E-state index in [1.807, 2.05) is 30.3 Å². The van der Waals surface area contributed by atoms with Crippen molar-refractivity contribution in [3.05, 3.63) is 65.7 Å². The van der Waals surface area contributed by atoms with Crippen LogP contribution < -0.4 is 10.1 Å². The van der Waals surface area contributed by atoms with Crippen molar-refractivity contribution >= 4 is 24.3 Å². The number of hydrogen-bond acceptors (Lipinski definition) is 6. The summed E-state index contributed by atoms with van der Waals surface area (Å²) in [6, 6.07) is 16.0. The van der Waals surface area contributed by atoms with Crippen LogP contribution in [0.2, 0.25) is 0 Å². The molecule has 1 heterocycles. The molecule has 0 unspecified atom stereocenters. The fourth-order valence-electron chi connectivity index (χ4n) is 2.78. The zero-order valence-corrected chi connectivity index (χ0v) is 15.7. The van der Waals surface area contributed by atoms with Crippen molar-refractivity contribution in [2.45, 2.75) is 25.2 Å². The molecular weight excluding hydrogens is 370 g/mol. The van der Waals surface area contributed by atoms with E-state index in [-0.39, 0.29) is 43.1 Å². The predicted molar refractivity (Wildman–Crippen MR) is 102 cm³/mol. The van der Waals surface area contributed by atoms with Crippen LogP contribution in [0.15, 0.2) is 54.6 Å². The normalized spacial score (nSPS) is 18.3.